The molecule has 0 radical (unpaired) electrons. The molecule has 2 atom stereocenters. The maximum absolute atomic E-state index is 13.1. The molecule has 2 aliphatic rings. The van der Waals surface area contributed by atoms with E-state index in [9.17, 15) is 18.4 Å². The van der Waals surface area contributed by atoms with Gasteiger partial charge in [-0.3, -0.25) is 19.3 Å². The van der Waals surface area contributed by atoms with E-state index in [4.69, 9.17) is 9.68 Å². The molecular formula is C22H22F2N2O4. The van der Waals surface area contributed by atoms with Crippen LogP contribution in [0.4, 0.5) is 8.78 Å². The van der Waals surface area contributed by atoms with Gasteiger partial charge in [0.15, 0.2) is 0 Å². The fourth-order valence-electron chi connectivity index (χ4n) is 3.89. The number of carbonyl (C=O) groups is 2. The van der Waals surface area contributed by atoms with E-state index >= 15 is 0 Å². The van der Waals surface area contributed by atoms with Crippen molar-refractivity contribution in [3.63, 3.8) is 0 Å². The highest BCUT2D eigenvalue weighted by Crippen LogP contribution is 2.32. The van der Waals surface area contributed by atoms with Gasteiger partial charge in [-0.2, -0.15) is 0 Å². The number of carbonyl (C=O) groups excluding carboxylic acids is 2. The minimum Gasteiger partial charge on any atom is -0.265 e. The second-order valence-electron chi connectivity index (χ2n) is 7.48. The van der Waals surface area contributed by atoms with Gasteiger partial charge >= 0.3 is 11.8 Å². The van der Waals surface area contributed by atoms with Crippen LogP contribution < -0.4 is 0 Å². The molecule has 158 valence electrons. The quantitative estimate of drug-likeness (QED) is 0.677. The molecule has 1 saturated heterocycles. The Morgan fingerprint density at radius 2 is 1.07 bits per heavy atom. The van der Waals surface area contributed by atoms with Crippen LogP contribution in [-0.4, -0.2) is 34.0 Å². The zero-order valence-electron chi connectivity index (χ0n) is 16.3. The zero-order valence-corrected chi connectivity index (χ0v) is 16.3. The lowest BCUT2D eigenvalue weighted by Crippen LogP contribution is -2.65. The molecular weight excluding hydrogens is 394 g/mol. The largest absolute Gasteiger partial charge is 0.338 e. The zero-order chi connectivity index (χ0) is 21.1. The van der Waals surface area contributed by atoms with Crippen molar-refractivity contribution in [2.75, 3.05) is 0 Å². The molecule has 30 heavy (non-hydrogen) atoms. The Bertz CT molecular complexity index is 829. The van der Waals surface area contributed by atoms with Crippen molar-refractivity contribution >= 4 is 11.8 Å². The summed E-state index contributed by atoms with van der Waals surface area (Å²) in [7, 11) is 0. The van der Waals surface area contributed by atoms with E-state index in [1.54, 1.807) is 24.3 Å². The first-order valence-electron chi connectivity index (χ1n) is 9.94. The third kappa shape index (κ3) is 4.34. The van der Waals surface area contributed by atoms with E-state index in [0.717, 1.165) is 23.0 Å². The maximum atomic E-state index is 13.1. The molecule has 1 aliphatic carbocycles. The number of benzene rings is 2. The summed E-state index contributed by atoms with van der Waals surface area (Å²) in [5.41, 5.74) is 1.39. The molecule has 1 heterocycles. The van der Waals surface area contributed by atoms with Gasteiger partial charge in [-0.05, 0) is 48.2 Å². The highest BCUT2D eigenvalue weighted by Gasteiger charge is 2.48. The van der Waals surface area contributed by atoms with Crippen LogP contribution >= 0.6 is 0 Å². The molecule has 2 amide bonds. The van der Waals surface area contributed by atoms with Gasteiger partial charge in [-0.25, -0.2) is 18.9 Å². The number of hydrogen-bond acceptors (Lipinski definition) is 4. The third-order valence-electron chi connectivity index (χ3n) is 5.45. The molecule has 2 aromatic rings. The third-order valence-corrected chi connectivity index (χ3v) is 5.45. The van der Waals surface area contributed by atoms with Crippen LogP contribution in [0, 0.1) is 11.6 Å². The van der Waals surface area contributed by atoms with Crippen molar-refractivity contribution in [3.8, 4) is 0 Å². The fourth-order valence-corrected chi connectivity index (χ4v) is 3.89. The average molecular weight is 416 g/mol. The monoisotopic (exact) mass is 416 g/mol. The molecule has 2 unspecified atom stereocenters. The van der Waals surface area contributed by atoms with Gasteiger partial charge < -0.3 is 0 Å². The number of fused-ring (bicyclic) bond motifs is 1. The normalized spacial score (nSPS) is 21.7. The standard InChI is InChI=1S/C22H22F2N2O4/c23-17-9-5-15(6-10-17)13-29-25-19-3-1-2-4-20(19)26(22(28)21(25)27)30-14-16-7-11-18(24)12-8-16/h5-12,19-20H,1-4,13-14H2. The minimum absolute atomic E-state index is 0.0545. The number of amides is 2. The summed E-state index contributed by atoms with van der Waals surface area (Å²) in [6.45, 7) is 0.109. The first kappa shape index (κ1) is 20.4. The van der Waals surface area contributed by atoms with Crippen LogP contribution in [0.1, 0.15) is 36.8 Å². The van der Waals surface area contributed by atoms with Crippen molar-refractivity contribution < 1.29 is 28.0 Å². The Labute approximate surface area is 172 Å². The van der Waals surface area contributed by atoms with Crippen molar-refractivity contribution in [2.45, 2.75) is 51.0 Å². The SMILES string of the molecule is O=C1C(=O)N(OCc2ccc(F)cc2)C2CCCCC2N1OCc1ccc(F)cc1. The maximum Gasteiger partial charge on any atom is 0.338 e. The number of hydrogen-bond donors (Lipinski definition) is 0. The molecule has 0 aromatic heterocycles. The van der Waals surface area contributed by atoms with Crippen LogP contribution in [0.5, 0.6) is 0 Å². The number of halogens is 2. The van der Waals surface area contributed by atoms with Gasteiger partial charge in [0.1, 0.15) is 24.8 Å². The first-order valence-corrected chi connectivity index (χ1v) is 9.94. The van der Waals surface area contributed by atoms with Gasteiger partial charge in [0, 0.05) is 0 Å². The van der Waals surface area contributed by atoms with Crippen LogP contribution in [0.25, 0.3) is 0 Å². The predicted molar refractivity (Wildman–Crippen MR) is 102 cm³/mol. The Hall–Kier alpha value is -2.84. The Balaban J connectivity index is 1.46. The molecule has 8 heteroatoms. The second kappa shape index (κ2) is 8.89. The fraction of sp³-hybridized carbons (Fsp3) is 0.364. The second-order valence-corrected chi connectivity index (χ2v) is 7.48. The molecule has 4 rings (SSSR count). The summed E-state index contributed by atoms with van der Waals surface area (Å²) in [5.74, 6) is -2.30. The van der Waals surface area contributed by atoms with Gasteiger partial charge in [-0.15, -0.1) is 0 Å². The number of nitrogens with zero attached hydrogens (tertiary/aromatic N) is 2. The predicted octanol–water partition coefficient (Wildman–Crippen LogP) is 3.51. The summed E-state index contributed by atoms with van der Waals surface area (Å²) in [6, 6.07) is 10.9. The van der Waals surface area contributed by atoms with E-state index in [0.29, 0.717) is 24.0 Å². The van der Waals surface area contributed by atoms with Crippen molar-refractivity contribution in [3.05, 3.63) is 71.3 Å². The first-order chi connectivity index (χ1) is 14.5. The van der Waals surface area contributed by atoms with Gasteiger partial charge in [-0.1, -0.05) is 37.1 Å². The molecule has 1 aliphatic heterocycles. The molecule has 0 N–H and O–H groups in total. The molecule has 0 bridgehead atoms. The van der Waals surface area contributed by atoms with Crippen LogP contribution in [0.3, 0.4) is 0 Å². The van der Waals surface area contributed by atoms with Gasteiger partial charge in [0.25, 0.3) is 0 Å². The van der Waals surface area contributed by atoms with Crippen molar-refractivity contribution in [2.24, 2.45) is 0 Å². The highest BCUT2D eigenvalue weighted by molar-refractivity contribution is 6.35. The highest BCUT2D eigenvalue weighted by atomic mass is 19.1. The van der Waals surface area contributed by atoms with Gasteiger partial charge in [0.2, 0.25) is 0 Å². The molecule has 1 saturated carbocycles. The molecule has 6 nitrogen and oxygen atoms in total. The minimum atomic E-state index is -0.792. The van der Waals surface area contributed by atoms with E-state index in [2.05, 4.69) is 0 Å². The number of piperazine rings is 1. The van der Waals surface area contributed by atoms with Crippen molar-refractivity contribution in [1.29, 1.82) is 0 Å². The van der Waals surface area contributed by atoms with Crippen LogP contribution in [0.15, 0.2) is 48.5 Å². The van der Waals surface area contributed by atoms with E-state index in [1.165, 1.54) is 24.3 Å². The average Bonchev–Trinajstić information content (AvgIpc) is 2.76. The summed E-state index contributed by atoms with van der Waals surface area (Å²) in [4.78, 5) is 36.9. The summed E-state index contributed by atoms with van der Waals surface area (Å²) >= 11 is 0. The number of hydroxylamine groups is 4. The lowest BCUT2D eigenvalue weighted by molar-refractivity contribution is -0.270. The number of rotatable bonds is 6. The van der Waals surface area contributed by atoms with Crippen LogP contribution in [-0.2, 0) is 32.5 Å². The lowest BCUT2D eigenvalue weighted by Gasteiger charge is -2.46. The molecule has 0 spiro atoms. The van der Waals surface area contributed by atoms with E-state index in [1.807, 2.05) is 0 Å². The van der Waals surface area contributed by atoms with Crippen molar-refractivity contribution in [1.82, 2.24) is 10.1 Å². The smallest absolute Gasteiger partial charge is 0.265 e. The van der Waals surface area contributed by atoms with Gasteiger partial charge in [0.05, 0.1) is 12.1 Å². The van der Waals surface area contributed by atoms with Crippen LogP contribution in [0.2, 0.25) is 0 Å². The summed E-state index contributed by atoms with van der Waals surface area (Å²) in [6.07, 6.45) is 3.18. The Morgan fingerprint density at radius 1 is 0.700 bits per heavy atom. The Morgan fingerprint density at radius 3 is 1.43 bits per heavy atom. The molecule has 2 aromatic carbocycles. The lowest BCUT2D eigenvalue weighted by atomic mass is 9.88. The summed E-state index contributed by atoms with van der Waals surface area (Å²) in [5, 5.41) is 2.32. The molecule has 2 fully saturated rings. The van der Waals surface area contributed by atoms with E-state index in [-0.39, 0.29) is 36.9 Å². The summed E-state index contributed by atoms with van der Waals surface area (Å²) < 4.78 is 26.2. The Kier molecular flexibility index (Phi) is 6.06. The van der Waals surface area contributed by atoms with E-state index < -0.39 is 11.8 Å². The topological polar surface area (TPSA) is 59.1 Å².